The number of carbonyl (C=O) groups excluding carboxylic acids is 2. The van der Waals surface area contributed by atoms with Crippen LogP contribution in [0, 0.1) is 5.41 Å². The van der Waals surface area contributed by atoms with Crippen LogP contribution in [0.25, 0.3) is 10.9 Å². The average Bonchev–Trinajstić information content (AvgIpc) is 3.12. The van der Waals surface area contributed by atoms with Crippen LogP contribution in [0.15, 0.2) is 60.8 Å². The second-order valence-corrected chi connectivity index (χ2v) is 7.48. The summed E-state index contributed by atoms with van der Waals surface area (Å²) in [7, 11) is 0. The van der Waals surface area contributed by atoms with Crippen molar-refractivity contribution >= 4 is 22.7 Å². The highest BCUT2D eigenvalue weighted by molar-refractivity contribution is 6.04. The van der Waals surface area contributed by atoms with Gasteiger partial charge in [-0.1, -0.05) is 48.5 Å². The maximum Gasteiger partial charge on any atom is 0.235 e. The summed E-state index contributed by atoms with van der Waals surface area (Å²) in [6.07, 6.45) is 3.42. The number of H-pyrrole nitrogens is 1. The van der Waals surface area contributed by atoms with E-state index in [1.54, 1.807) is 13.8 Å². The molecular weight excluding hydrogens is 350 g/mol. The van der Waals surface area contributed by atoms with E-state index in [1.165, 1.54) is 0 Å². The van der Waals surface area contributed by atoms with Gasteiger partial charge in [-0.05, 0) is 43.9 Å². The number of nitrogens with one attached hydrogen (secondary N) is 3. The lowest BCUT2D eigenvalue weighted by molar-refractivity contribution is -0.141. The lowest BCUT2D eigenvalue weighted by atomic mass is 9.91. The van der Waals surface area contributed by atoms with Crippen LogP contribution in [-0.4, -0.2) is 29.9 Å². The molecule has 0 fully saturated rings. The summed E-state index contributed by atoms with van der Waals surface area (Å²) in [5, 5.41) is 6.94. The van der Waals surface area contributed by atoms with Gasteiger partial charge in [0, 0.05) is 30.2 Å². The van der Waals surface area contributed by atoms with Crippen molar-refractivity contribution in [3.63, 3.8) is 0 Å². The fourth-order valence-electron chi connectivity index (χ4n) is 3.16. The van der Waals surface area contributed by atoms with Crippen LogP contribution in [0.5, 0.6) is 0 Å². The second-order valence-electron chi connectivity index (χ2n) is 7.48. The molecule has 0 bridgehead atoms. The van der Waals surface area contributed by atoms with E-state index < -0.39 is 5.41 Å². The zero-order chi connectivity index (χ0) is 20.0. The minimum absolute atomic E-state index is 0.256. The van der Waals surface area contributed by atoms with Crippen LogP contribution in [0.1, 0.15) is 25.0 Å². The highest BCUT2D eigenvalue weighted by atomic mass is 16.2. The molecule has 3 N–H and O–H groups in total. The maximum absolute atomic E-state index is 12.6. The number of aromatic amines is 1. The first-order valence-electron chi connectivity index (χ1n) is 9.64. The van der Waals surface area contributed by atoms with Gasteiger partial charge in [-0.2, -0.15) is 0 Å². The van der Waals surface area contributed by atoms with E-state index in [2.05, 4.69) is 21.7 Å². The Kier molecular flexibility index (Phi) is 6.14. The van der Waals surface area contributed by atoms with Crippen molar-refractivity contribution in [2.75, 3.05) is 13.1 Å². The van der Waals surface area contributed by atoms with Gasteiger partial charge >= 0.3 is 0 Å². The SMILES string of the molecule is CC(C)(C(=O)NCCc1ccccc1)C(=O)NCCc1c[nH]c2ccccc12. The number of hydrogen-bond acceptors (Lipinski definition) is 2. The first-order chi connectivity index (χ1) is 13.5. The largest absolute Gasteiger partial charge is 0.361 e. The fourth-order valence-corrected chi connectivity index (χ4v) is 3.16. The molecule has 0 radical (unpaired) electrons. The average molecular weight is 377 g/mol. The van der Waals surface area contributed by atoms with Crippen LogP contribution >= 0.6 is 0 Å². The summed E-state index contributed by atoms with van der Waals surface area (Å²) in [5.41, 5.74) is 2.28. The van der Waals surface area contributed by atoms with Gasteiger partial charge < -0.3 is 15.6 Å². The van der Waals surface area contributed by atoms with Crippen molar-refractivity contribution in [2.45, 2.75) is 26.7 Å². The number of rotatable bonds is 8. The highest BCUT2D eigenvalue weighted by Crippen LogP contribution is 2.18. The zero-order valence-corrected chi connectivity index (χ0v) is 16.4. The lowest BCUT2D eigenvalue weighted by Crippen LogP contribution is -2.48. The molecule has 1 aromatic heterocycles. The molecule has 146 valence electrons. The first-order valence-corrected chi connectivity index (χ1v) is 9.64. The van der Waals surface area contributed by atoms with Crippen LogP contribution in [0.4, 0.5) is 0 Å². The predicted molar refractivity (Wildman–Crippen MR) is 112 cm³/mol. The number of benzene rings is 2. The highest BCUT2D eigenvalue weighted by Gasteiger charge is 2.35. The molecule has 1 heterocycles. The molecular formula is C23H27N3O2. The number of fused-ring (bicyclic) bond motifs is 1. The molecule has 0 spiro atoms. The Morgan fingerprint density at radius 2 is 1.46 bits per heavy atom. The Balaban J connectivity index is 1.47. The predicted octanol–water partition coefficient (Wildman–Crippen LogP) is 3.21. The summed E-state index contributed by atoms with van der Waals surface area (Å²) in [4.78, 5) is 28.3. The summed E-state index contributed by atoms with van der Waals surface area (Å²) >= 11 is 0. The van der Waals surface area contributed by atoms with E-state index in [9.17, 15) is 9.59 Å². The molecule has 0 saturated heterocycles. The number of amides is 2. The third-order valence-corrected chi connectivity index (χ3v) is 5.03. The van der Waals surface area contributed by atoms with Gasteiger partial charge in [0.05, 0.1) is 0 Å². The molecule has 3 rings (SSSR count). The fraction of sp³-hybridized carbons (Fsp3) is 0.304. The Bertz CT molecular complexity index is 945. The van der Waals surface area contributed by atoms with Crippen LogP contribution < -0.4 is 10.6 Å². The molecule has 0 aliphatic rings. The van der Waals surface area contributed by atoms with Crippen molar-refractivity contribution in [2.24, 2.45) is 5.41 Å². The molecule has 0 aliphatic heterocycles. The Morgan fingerprint density at radius 1 is 0.857 bits per heavy atom. The third-order valence-electron chi connectivity index (χ3n) is 5.03. The topological polar surface area (TPSA) is 74.0 Å². The van der Waals surface area contributed by atoms with Gasteiger partial charge in [-0.25, -0.2) is 0 Å². The molecule has 0 atom stereocenters. The Hall–Kier alpha value is -3.08. The summed E-state index contributed by atoms with van der Waals surface area (Å²) < 4.78 is 0. The molecule has 0 saturated carbocycles. The van der Waals surface area contributed by atoms with Crippen LogP contribution in [-0.2, 0) is 22.4 Å². The van der Waals surface area contributed by atoms with Gasteiger partial charge in [-0.3, -0.25) is 9.59 Å². The van der Waals surface area contributed by atoms with Crippen molar-refractivity contribution in [1.82, 2.24) is 15.6 Å². The summed E-state index contributed by atoms with van der Waals surface area (Å²) in [5.74, 6) is -0.516. The molecule has 0 aliphatic carbocycles. The standard InChI is InChI=1S/C23H27N3O2/c1-23(2,21(27)24-14-12-17-8-4-3-5-9-17)22(28)25-15-13-18-16-26-20-11-7-6-10-19(18)20/h3-11,16,26H,12-15H2,1-2H3,(H,24,27)(H,25,28). The van der Waals surface area contributed by atoms with Gasteiger partial charge in [-0.15, -0.1) is 0 Å². The number of para-hydroxylation sites is 1. The van der Waals surface area contributed by atoms with Crippen molar-refractivity contribution in [3.8, 4) is 0 Å². The van der Waals surface area contributed by atoms with Gasteiger partial charge in [0.2, 0.25) is 11.8 Å². The molecule has 2 aromatic carbocycles. The summed E-state index contributed by atoms with van der Waals surface area (Å²) in [6.45, 7) is 4.31. The van der Waals surface area contributed by atoms with Gasteiger partial charge in [0.25, 0.3) is 0 Å². The molecule has 2 amide bonds. The monoisotopic (exact) mass is 377 g/mol. The minimum atomic E-state index is -1.11. The van der Waals surface area contributed by atoms with Crippen molar-refractivity contribution in [3.05, 3.63) is 71.9 Å². The van der Waals surface area contributed by atoms with E-state index >= 15 is 0 Å². The zero-order valence-electron chi connectivity index (χ0n) is 16.4. The van der Waals surface area contributed by atoms with E-state index in [-0.39, 0.29) is 11.8 Å². The van der Waals surface area contributed by atoms with E-state index in [1.807, 2.05) is 54.7 Å². The van der Waals surface area contributed by atoms with E-state index in [0.29, 0.717) is 19.5 Å². The molecule has 5 nitrogen and oxygen atoms in total. The number of aromatic nitrogens is 1. The van der Waals surface area contributed by atoms with Gasteiger partial charge in [0.15, 0.2) is 0 Å². The van der Waals surface area contributed by atoms with E-state index in [4.69, 9.17) is 0 Å². The Labute approximate surface area is 165 Å². The number of carbonyl (C=O) groups is 2. The number of hydrogen-bond donors (Lipinski definition) is 3. The maximum atomic E-state index is 12.6. The van der Waals surface area contributed by atoms with Crippen molar-refractivity contribution < 1.29 is 9.59 Å². The van der Waals surface area contributed by atoms with E-state index in [0.717, 1.165) is 28.5 Å². The summed E-state index contributed by atoms with van der Waals surface area (Å²) in [6, 6.07) is 18.0. The smallest absolute Gasteiger partial charge is 0.235 e. The second kappa shape index (κ2) is 8.74. The molecule has 28 heavy (non-hydrogen) atoms. The normalized spacial score (nSPS) is 11.4. The lowest BCUT2D eigenvalue weighted by Gasteiger charge is -2.22. The van der Waals surface area contributed by atoms with Crippen LogP contribution in [0.2, 0.25) is 0 Å². The Morgan fingerprint density at radius 3 is 2.18 bits per heavy atom. The first kappa shape index (κ1) is 19.7. The quantitative estimate of drug-likeness (QED) is 0.527. The molecule has 0 unspecified atom stereocenters. The third kappa shape index (κ3) is 4.60. The molecule has 3 aromatic rings. The van der Waals surface area contributed by atoms with Crippen molar-refractivity contribution in [1.29, 1.82) is 0 Å². The molecule has 5 heteroatoms. The van der Waals surface area contributed by atoms with Gasteiger partial charge in [0.1, 0.15) is 5.41 Å². The minimum Gasteiger partial charge on any atom is -0.361 e. The van der Waals surface area contributed by atoms with Crippen LogP contribution in [0.3, 0.4) is 0 Å².